The summed E-state index contributed by atoms with van der Waals surface area (Å²) in [4.78, 5) is 33.4. The summed E-state index contributed by atoms with van der Waals surface area (Å²) in [6.45, 7) is 2.51. The first-order valence-corrected chi connectivity index (χ1v) is 13.3. The third-order valence-corrected chi connectivity index (χ3v) is 8.20. The van der Waals surface area contributed by atoms with Crippen LogP contribution < -0.4 is 10.6 Å². The molecule has 1 aliphatic heterocycles. The molecule has 2 amide bonds. The van der Waals surface area contributed by atoms with E-state index in [9.17, 15) is 14.0 Å². The van der Waals surface area contributed by atoms with Gasteiger partial charge in [-0.3, -0.25) is 9.59 Å². The Morgan fingerprint density at radius 1 is 1.15 bits per heavy atom. The Balaban J connectivity index is 1.49. The predicted octanol–water partition coefficient (Wildman–Crippen LogP) is 4.21. The van der Waals surface area contributed by atoms with Crippen molar-refractivity contribution in [2.75, 3.05) is 13.6 Å². The average Bonchev–Trinajstić information content (AvgIpc) is 3.53. The van der Waals surface area contributed by atoms with Crippen LogP contribution in [0.15, 0.2) is 29.6 Å². The number of likely N-dealkylation sites (tertiary alicyclic amines) is 1. The largest absolute Gasteiger partial charge is 0.343 e. The maximum Gasteiger partial charge on any atom is 0.246 e. The van der Waals surface area contributed by atoms with E-state index in [0.29, 0.717) is 13.0 Å². The van der Waals surface area contributed by atoms with Crippen molar-refractivity contribution in [2.24, 2.45) is 5.92 Å². The van der Waals surface area contributed by atoms with Crippen LogP contribution in [0.3, 0.4) is 0 Å². The highest BCUT2D eigenvalue weighted by Gasteiger charge is 2.40. The molecule has 2 fully saturated rings. The number of aromatic nitrogens is 1. The van der Waals surface area contributed by atoms with Crippen LogP contribution in [-0.2, 0) is 16.0 Å². The third kappa shape index (κ3) is 5.84. The molecule has 1 aromatic heterocycles. The van der Waals surface area contributed by atoms with Crippen LogP contribution in [0.2, 0.25) is 0 Å². The van der Waals surface area contributed by atoms with Crippen molar-refractivity contribution in [2.45, 2.75) is 76.4 Å². The van der Waals surface area contributed by atoms with E-state index >= 15 is 0 Å². The number of nitrogens with one attached hydrogen (secondary N) is 2. The molecule has 1 saturated heterocycles. The molecule has 6 nitrogen and oxygen atoms in total. The topological polar surface area (TPSA) is 74.3 Å². The number of benzene rings is 1. The van der Waals surface area contributed by atoms with E-state index in [1.54, 1.807) is 30.5 Å². The molecule has 3 unspecified atom stereocenters. The Kier molecular flexibility index (Phi) is 8.32. The Labute approximate surface area is 205 Å². The van der Waals surface area contributed by atoms with Gasteiger partial charge < -0.3 is 15.5 Å². The molecule has 1 aliphatic carbocycles. The van der Waals surface area contributed by atoms with Crippen molar-refractivity contribution in [1.29, 1.82) is 0 Å². The summed E-state index contributed by atoms with van der Waals surface area (Å²) in [7, 11) is 1.75. The summed E-state index contributed by atoms with van der Waals surface area (Å²) in [6.07, 6.45) is 7.81. The number of likely N-dealkylation sites (N-methyl/N-ethyl adjacent to an activating group) is 1. The van der Waals surface area contributed by atoms with Gasteiger partial charge in [0.1, 0.15) is 16.9 Å². The molecule has 0 bridgehead atoms. The smallest absolute Gasteiger partial charge is 0.246 e. The van der Waals surface area contributed by atoms with E-state index in [2.05, 4.69) is 10.6 Å². The van der Waals surface area contributed by atoms with Crippen LogP contribution in [0.4, 0.5) is 4.39 Å². The molecule has 1 saturated carbocycles. The number of nitrogens with zero attached hydrogens (tertiary/aromatic N) is 2. The van der Waals surface area contributed by atoms with E-state index < -0.39 is 6.04 Å². The van der Waals surface area contributed by atoms with E-state index in [1.807, 2.05) is 17.2 Å². The minimum Gasteiger partial charge on any atom is -0.343 e. The number of thiazole rings is 1. The lowest BCUT2D eigenvalue weighted by molar-refractivity contribution is -0.139. The summed E-state index contributed by atoms with van der Waals surface area (Å²) in [5, 5.41) is 9.05. The Morgan fingerprint density at radius 3 is 2.59 bits per heavy atom. The number of rotatable bonds is 8. The van der Waals surface area contributed by atoms with Crippen LogP contribution >= 0.6 is 11.3 Å². The number of hydrogen-bond donors (Lipinski definition) is 2. The van der Waals surface area contributed by atoms with Gasteiger partial charge in [0.05, 0.1) is 17.8 Å². The number of halogens is 1. The molecule has 3 atom stereocenters. The highest BCUT2D eigenvalue weighted by molar-refractivity contribution is 7.09. The van der Waals surface area contributed by atoms with Gasteiger partial charge in [-0.1, -0.05) is 31.4 Å². The monoisotopic (exact) mass is 486 g/mol. The second-order valence-corrected chi connectivity index (χ2v) is 10.5. The quantitative estimate of drug-likeness (QED) is 0.586. The molecular weight excluding hydrogens is 451 g/mol. The minimum atomic E-state index is -0.483. The van der Waals surface area contributed by atoms with Crippen molar-refractivity contribution in [3.05, 3.63) is 51.7 Å². The number of amides is 2. The maximum absolute atomic E-state index is 13.8. The molecule has 184 valence electrons. The summed E-state index contributed by atoms with van der Waals surface area (Å²) >= 11 is 1.58. The Bertz CT molecular complexity index is 973. The molecule has 1 aromatic carbocycles. The molecule has 8 heteroatoms. The van der Waals surface area contributed by atoms with Crippen molar-refractivity contribution in [3.63, 3.8) is 0 Å². The highest BCUT2D eigenvalue weighted by Crippen LogP contribution is 2.36. The lowest BCUT2D eigenvalue weighted by Crippen LogP contribution is -2.55. The first-order chi connectivity index (χ1) is 16.5. The van der Waals surface area contributed by atoms with E-state index in [1.165, 1.54) is 18.6 Å². The summed E-state index contributed by atoms with van der Waals surface area (Å²) in [5.41, 5.74) is 1.95. The fourth-order valence-corrected chi connectivity index (χ4v) is 6.06. The first kappa shape index (κ1) is 24.8. The summed E-state index contributed by atoms with van der Waals surface area (Å²) in [5.74, 6) is -0.160. The van der Waals surface area contributed by atoms with Crippen LogP contribution in [0.1, 0.15) is 74.2 Å². The van der Waals surface area contributed by atoms with Gasteiger partial charge >= 0.3 is 0 Å². The minimum absolute atomic E-state index is 0.0290. The average molecular weight is 487 g/mol. The molecule has 34 heavy (non-hydrogen) atoms. The number of carbonyl (C=O) groups is 2. The zero-order valence-corrected chi connectivity index (χ0v) is 20.9. The Hall–Kier alpha value is -2.32. The van der Waals surface area contributed by atoms with Crippen LogP contribution in [0, 0.1) is 11.7 Å². The summed E-state index contributed by atoms with van der Waals surface area (Å²) < 4.78 is 13.2. The second kappa shape index (κ2) is 11.4. The van der Waals surface area contributed by atoms with Gasteiger partial charge in [0, 0.05) is 18.3 Å². The molecule has 2 heterocycles. The lowest BCUT2D eigenvalue weighted by Gasteiger charge is -2.35. The van der Waals surface area contributed by atoms with Crippen molar-refractivity contribution < 1.29 is 14.0 Å². The fraction of sp³-hybridized carbons (Fsp3) is 0.577. The van der Waals surface area contributed by atoms with E-state index in [4.69, 9.17) is 4.98 Å². The third-order valence-electron chi connectivity index (χ3n) is 7.20. The molecule has 2 aromatic rings. The van der Waals surface area contributed by atoms with Gasteiger partial charge in [-0.15, -0.1) is 11.3 Å². The van der Waals surface area contributed by atoms with Crippen LogP contribution in [-0.4, -0.2) is 47.4 Å². The second-order valence-electron chi connectivity index (χ2n) is 9.56. The van der Waals surface area contributed by atoms with Crippen molar-refractivity contribution in [3.8, 4) is 0 Å². The van der Waals surface area contributed by atoms with Gasteiger partial charge in [0.2, 0.25) is 11.8 Å². The van der Waals surface area contributed by atoms with E-state index in [-0.39, 0.29) is 35.6 Å². The normalized spacial score (nSPS) is 20.8. The standard InChI is InChI=1S/C26H35FN4O2S/c1-17(28-2)24(32)30-23(19-7-4-3-5-8-19)26(33)31-14-6-9-22(31)25-29-21(16-34-25)15-18-10-12-20(27)13-11-18/h10-13,16-17,19,22-23,28H,3-9,14-15H2,1-2H3,(H,30,32). The van der Waals surface area contributed by atoms with Gasteiger partial charge in [-0.05, 0) is 63.3 Å². The van der Waals surface area contributed by atoms with Crippen LogP contribution in [0.5, 0.6) is 0 Å². The fourth-order valence-electron chi connectivity index (χ4n) is 5.09. The zero-order chi connectivity index (χ0) is 24.1. The van der Waals surface area contributed by atoms with Crippen LogP contribution in [0.25, 0.3) is 0 Å². The number of hydrogen-bond acceptors (Lipinski definition) is 5. The lowest BCUT2D eigenvalue weighted by atomic mass is 9.83. The first-order valence-electron chi connectivity index (χ1n) is 12.4. The Morgan fingerprint density at radius 2 is 1.88 bits per heavy atom. The number of carbonyl (C=O) groups excluding carboxylic acids is 2. The van der Waals surface area contributed by atoms with Gasteiger partial charge in [0.25, 0.3) is 0 Å². The van der Waals surface area contributed by atoms with Gasteiger partial charge in [0.15, 0.2) is 0 Å². The maximum atomic E-state index is 13.8. The van der Waals surface area contributed by atoms with E-state index in [0.717, 1.165) is 54.8 Å². The molecule has 0 spiro atoms. The van der Waals surface area contributed by atoms with Gasteiger partial charge in [-0.25, -0.2) is 9.37 Å². The molecule has 2 aliphatic rings. The highest BCUT2D eigenvalue weighted by atomic mass is 32.1. The SMILES string of the molecule is CNC(C)C(=O)NC(C(=O)N1CCCC1c1nc(Cc2ccc(F)cc2)cs1)C1CCCCC1. The summed E-state index contributed by atoms with van der Waals surface area (Å²) in [6, 6.07) is 5.61. The molecule has 4 rings (SSSR count). The molecule has 0 radical (unpaired) electrons. The van der Waals surface area contributed by atoms with Gasteiger partial charge in [-0.2, -0.15) is 0 Å². The van der Waals surface area contributed by atoms with Crippen molar-refractivity contribution in [1.82, 2.24) is 20.5 Å². The molecule has 2 N–H and O–H groups in total. The van der Waals surface area contributed by atoms with Crippen molar-refractivity contribution >= 4 is 23.2 Å². The zero-order valence-electron chi connectivity index (χ0n) is 20.1. The predicted molar refractivity (Wildman–Crippen MR) is 132 cm³/mol. The molecular formula is C26H35FN4O2S.